The fraction of sp³-hybridized carbons (Fsp3) is 0.838. The van der Waals surface area contributed by atoms with Crippen LogP contribution in [0.5, 0.6) is 0 Å². The number of rotatable bonds is 4. The number of ketones is 2. The molecule has 0 saturated heterocycles. The summed E-state index contributed by atoms with van der Waals surface area (Å²) in [5.41, 5.74) is -1.85. The fourth-order valence-corrected chi connectivity index (χ4v) is 9.06. The van der Waals surface area contributed by atoms with Crippen LogP contribution in [-0.4, -0.2) is 53.6 Å². The molecule has 258 valence electrons. The van der Waals surface area contributed by atoms with Crippen molar-refractivity contribution in [3.8, 4) is 0 Å². The predicted octanol–water partition coefficient (Wildman–Crippen LogP) is 6.67. The van der Waals surface area contributed by atoms with Gasteiger partial charge < -0.3 is 19.3 Å². The average molecular weight is 646 g/mol. The van der Waals surface area contributed by atoms with Crippen LogP contribution >= 0.6 is 0 Å². The van der Waals surface area contributed by atoms with Gasteiger partial charge in [-0.3, -0.25) is 14.4 Å². The molecular formula is C37H57O9+. The lowest BCUT2D eigenvalue weighted by Crippen LogP contribution is -2.53. The second-order valence-corrected chi connectivity index (χ2v) is 18.2. The Kier molecular flexibility index (Phi) is 10.2. The van der Waals surface area contributed by atoms with E-state index >= 15 is 0 Å². The second-order valence-electron chi connectivity index (χ2n) is 18.2. The number of hydrogen-bond donors (Lipinski definition) is 1. The van der Waals surface area contributed by atoms with Gasteiger partial charge in [0.05, 0.1) is 12.3 Å². The number of carbonyl (C=O) groups excluding carboxylic acids is 5. The van der Waals surface area contributed by atoms with Crippen LogP contribution in [0.1, 0.15) is 120 Å². The summed E-state index contributed by atoms with van der Waals surface area (Å²) in [5, 5.41) is 9.41. The number of aliphatic hydroxyl groups is 1. The normalized spacial score (nSPS) is 35.4. The van der Waals surface area contributed by atoms with Crippen molar-refractivity contribution in [2.45, 2.75) is 125 Å². The zero-order valence-corrected chi connectivity index (χ0v) is 29.4. The molecule has 9 nitrogen and oxygen atoms in total. The van der Waals surface area contributed by atoms with Gasteiger partial charge in [0.2, 0.25) is 0 Å². The van der Waals surface area contributed by atoms with Crippen molar-refractivity contribution < 1.29 is 43.3 Å². The van der Waals surface area contributed by atoms with Crippen LogP contribution in [0.25, 0.3) is 0 Å². The van der Waals surface area contributed by atoms with Gasteiger partial charge in [0.15, 0.2) is 5.41 Å². The van der Waals surface area contributed by atoms with E-state index in [2.05, 4.69) is 11.7 Å². The molecule has 8 fully saturated rings. The van der Waals surface area contributed by atoms with E-state index in [4.69, 9.17) is 9.47 Å². The van der Waals surface area contributed by atoms with E-state index in [1.54, 1.807) is 34.6 Å². The second kappa shape index (κ2) is 12.9. The molecule has 8 aliphatic rings. The molecule has 0 radical (unpaired) electrons. The van der Waals surface area contributed by atoms with E-state index in [1.165, 1.54) is 6.42 Å². The molecule has 0 aromatic rings. The first-order valence-electron chi connectivity index (χ1n) is 17.2. The van der Waals surface area contributed by atoms with Crippen LogP contribution in [-0.2, 0) is 33.4 Å². The Bertz CT molecular complexity index is 1140. The molecule has 4 unspecified atom stereocenters. The minimum Gasteiger partial charge on any atom is -0.434 e. The molecule has 0 spiro atoms. The lowest BCUT2D eigenvalue weighted by atomic mass is 9.49. The zero-order chi connectivity index (χ0) is 34.5. The number of hydrogen-bond acceptors (Lipinski definition) is 9. The summed E-state index contributed by atoms with van der Waals surface area (Å²) >= 11 is 0. The van der Waals surface area contributed by atoms with Crippen LogP contribution < -0.4 is 0 Å². The minimum atomic E-state index is -0.874. The van der Waals surface area contributed by atoms with Crippen LogP contribution in [0.2, 0.25) is 0 Å². The highest BCUT2D eigenvalue weighted by molar-refractivity contribution is 5.91. The summed E-state index contributed by atoms with van der Waals surface area (Å²) in [6.45, 7) is 18.1. The molecule has 9 heteroatoms. The van der Waals surface area contributed by atoms with Crippen molar-refractivity contribution in [1.82, 2.24) is 0 Å². The third-order valence-corrected chi connectivity index (χ3v) is 10.8. The highest BCUT2D eigenvalue weighted by Gasteiger charge is 2.56. The van der Waals surface area contributed by atoms with Crippen molar-refractivity contribution in [3.05, 3.63) is 6.92 Å². The van der Waals surface area contributed by atoms with Crippen LogP contribution in [0.4, 0.5) is 4.79 Å². The summed E-state index contributed by atoms with van der Waals surface area (Å²) in [6, 6.07) is 0. The lowest BCUT2D eigenvalue weighted by molar-refractivity contribution is -0.170. The van der Waals surface area contributed by atoms with Crippen molar-refractivity contribution in [3.63, 3.8) is 0 Å². The first-order valence-corrected chi connectivity index (χ1v) is 17.2. The highest BCUT2D eigenvalue weighted by Crippen LogP contribution is 2.59. The van der Waals surface area contributed by atoms with Gasteiger partial charge >= 0.3 is 18.1 Å². The van der Waals surface area contributed by atoms with Crippen LogP contribution in [0.3, 0.4) is 0 Å². The molecule has 4 atom stereocenters. The maximum Gasteiger partial charge on any atom is 0.508 e. The molecule has 0 aromatic heterocycles. The van der Waals surface area contributed by atoms with Gasteiger partial charge in [-0.05, 0) is 137 Å². The zero-order valence-electron chi connectivity index (χ0n) is 29.4. The number of aliphatic hydroxyl groups excluding tert-OH is 1. The Morgan fingerprint density at radius 3 is 1.50 bits per heavy atom. The van der Waals surface area contributed by atoms with Gasteiger partial charge in [0.25, 0.3) is 0 Å². The van der Waals surface area contributed by atoms with Crippen molar-refractivity contribution in [2.75, 3.05) is 13.2 Å². The van der Waals surface area contributed by atoms with Crippen LogP contribution in [0.15, 0.2) is 0 Å². The fourth-order valence-electron chi connectivity index (χ4n) is 9.06. The van der Waals surface area contributed by atoms with Gasteiger partial charge in [-0.1, -0.05) is 0 Å². The number of Topliss-reactive ketones (excluding diaryl/α,β-unsaturated/α-hetero) is 2. The SMILES string of the molecule is CC(C)(C)OC(=O)OCC12CC3CC(C1)C(=O)C(C3)C2.O=C1C2CC3CC1CC(CO)(C3)C2.[CH2+]C(C)(C)C(=O)OC(=O)C(C)(C)C. The first-order chi connectivity index (χ1) is 21.0. The Morgan fingerprint density at radius 2 is 1.13 bits per heavy atom. The minimum absolute atomic E-state index is 0.0430. The molecule has 8 aliphatic carbocycles. The van der Waals surface area contributed by atoms with Crippen molar-refractivity contribution in [2.24, 2.45) is 57.2 Å². The largest absolute Gasteiger partial charge is 0.508 e. The standard InChI is InChI=1S/C16H24O4.C11H16O2.C10H17O3/c1-15(2,3)20-14(18)19-9-16-6-10-4-11(7-16)13(17)12(5-10)8-16;12-6-11-3-7-1-8(4-11)10(13)9(2-7)5-11;1-9(2,3)7(11)13-8(12)10(4,5)6/h10-12H,4-9H2,1-3H3;7-9,12H,1-6H2;1H2,2-6H3/q;;+1. The quantitative estimate of drug-likeness (QED) is 0.202. The molecule has 8 bridgehead atoms. The third-order valence-electron chi connectivity index (χ3n) is 10.8. The van der Waals surface area contributed by atoms with Gasteiger partial charge in [-0.2, -0.15) is 0 Å². The summed E-state index contributed by atoms with van der Waals surface area (Å²) < 4.78 is 15.2. The van der Waals surface area contributed by atoms with Gasteiger partial charge in [0, 0.05) is 35.7 Å². The molecule has 0 heterocycles. The summed E-state index contributed by atoms with van der Waals surface area (Å²) in [7, 11) is 0. The smallest absolute Gasteiger partial charge is 0.434 e. The summed E-state index contributed by atoms with van der Waals surface area (Å²) in [6.07, 6.45) is 9.84. The number of ether oxygens (including phenoxy) is 3. The molecule has 0 aromatic carbocycles. The first kappa shape index (κ1) is 36.4. The van der Waals surface area contributed by atoms with Gasteiger partial charge in [0.1, 0.15) is 23.8 Å². The molecule has 46 heavy (non-hydrogen) atoms. The Balaban J connectivity index is 0.000000163. The van der Waals surface area contributed by atoms with E-state index in [0.717, 1.165) is 63.7 Å². The maximum absolute atomic E-state index is 12.1. The van der Waals surface area contributed by atoms with E-state index in [1.807, 2.05) is 20.8 Å². The summed E-state index contributed by atoms with van der Waals surface area (Å²) in [4.78, 5) is 58.0. The Morgan fingerprint density at radius 1 is 0.717 bits per heavy atom. The van der Waals surface area contributed by atoms with E-state index in [0.29, 0.717) is 42.5 Å². The number of esters is 2. The monoisotopic (exact) mass is 645 g/mol. The average Bonchev–Trinajstić information content (AvgIpc) is 2.91. The maximum atomic E-state index is 12.1. The summed E-state index contributed by atoms with van der Waals surface area (Å²) in [5.74, 6) is 2.37. The molecule has 8 saturated carbocycles. The van der Waals surface area contributed by atoms with Gasteiger partial charge in [-0.25, -0.2) is 9.59 Å². The Labute approximate surface area is 275 Å². The van der Waals surface area contributed by atoms with E-state index < -0.39 is 34.5 Å². The van der Waals surface area contributed by atoms with E-state index in [9.17, 15) is 29.1 Å². The van der Waals surface area contributed by atoms with E-state index in [-0.39, 0.29) is 22.7 Å². The molecule has 0 amide bonds. The topological polar surface area (TPSA) is 133 Å². The molecule has 1 N–H and O–H groups in total. The molecule has 8 rings (SSSR count). The molecule has 0 aliphatic heterocycles. The Hall–Kier alpha value is -2.42. The molecular weight excluding hydrogens is 588 g/mol. The van der Waals surface area contributed by atoms with Gasteiger partial charge in [-0.15, -0.1) is 0 Å². The highest BCUT2D eigenvalue weighted by atomic mass is 16.7. The van der Waals surface area contributed by atoms with Crippen molar-refractivity contribution >= 4 is 29.7 Å². The third kappa shape index (κ3) is 8.53. The predicted molar refractivity (Wildman–Crippen MR) is 171 cm³/mol. The van der Waals surface area contributed by atoms with Crippen molar-refractivity contribution in [1.29, 1.82) is 0 Å². The van der Waals surface area contributed by atoms with Crippen LogP contribution in [0, 0.1) is 64.1 Å². The number of carbonyl (C=O) groups is 5. The lowest BCUT2D eigenvalue weighted by Gasteiger charge is -2.55.